The summed E-state index contributed by atoms with van der Waals surface area (Å²) < 4.78 is 9.35. The highest BCUT2D eigenvalue weighted by Gasteiger charge is 2.38. The Bertz CT molecular complexity index is 2000. The molecule has 55 heavy (non-hydrogen) atoms. The van der Waals surface area contributed by atoms with Crippen molar-refractivity contribution in [3.05, 3.63) is 60.7 Å². The first-order valence-corrected chi connectivity index (χ1v) is 18.6. The summed E-state index contributed by atoms with van der Waals surface area (Å²) in [5.41, 5.74) is 4.06. The van der Waals surface area contributed by atoms with E-state index in [1.165, 1.54) is 20.4 Å². The van der Waals surface area contributed by atoms with Gasteiger partial charge in [0, 0.05) is 42.8 Å². The van der Waals surface area contributed by atoms with Crippen LogP contribution >= 0.6 is 0 Å². The molecule has 3 N–H and O–H groups in total. The van der Waals surface area contributed by atoms with Crippen LogP contribution in [-0.4, -0.2) is 103 Å². The number of ether oxygens (including phenoxy) is 2. The lowest BCUT2D eigenvalue weighted by Crippen LogP contribution is -2.51. The average molecular weight is 753 g/mol. The maximum absolute atomic E-state index is 13.6. The van der Waals surface area contributed by atoms with Gasteiger partial charge in [0.2, 0.25) is 11.8 Å². The summed E-state index contributed by atoms with van der Waals surface area (Å²) in [7, 11) is 2.53. The second kappa shape index (κ2) is 17.0. The second-order valence-electron chi connectivity index (χ2n) is 14.5. The zero-order chi connectivity index (χ0) is 39.2. The van der Waals surface area contributed by atoms with Gasteiger partial charge in [0.15, 0.2) is 5.82 Å². The van der Waals surface area contributed by atoms with Crippen LogP contribution in [0.1, 0.15) is 77.1 Å². The maximum atomic E-state index is 13.6. The van der Waals surface area contributed by atoms with E-state index in [4.69, 9.17) is 4.74 Å². The predicted molar refractivity (Wildman–Crippen MR) is 203 cm³/mol. The summed E-state index contributed by atoms with van der Waals surface area (Å²) >= 11 is 0. The molecule has 16 heteroatoms. The Balaban J connectivity index is 1.11. The number of hydrogen-bond donors (Lipinski definition) is 3. The lowest BCUT2D eigenvalue weighted by atomic mass is 9.95. The number of alkyl carbamates (subject to hydrolysis) is 1. The van der Waals surface area contributed by atoms with Gasteiger partial charge in [0.25, 0.3) is 0 Å². The molecule has 2 fully saturated rings. The van der Waals surface area contributed by atoms with Crippen LogP contribution in [0, 0.1) is 17.8 Å². The van der Waals surface area contributed by atoms with Crippen LogP contribution in [0.25, 0.3) is 33.9 Å². The minimum atomic E-state index is -0.738. The van der Waals surface area contributed by atoms with E-state index < -0.39 is 24.1 Å². The Hall–Kier alpha value is -5.93. The second-order valence-corrected chi connectivity index (χ2v) is 14.5. The Kier molecular flexibility index (Phi) is 12.0. The zero-order valence-electron chi connectivity index (χ0n) is 32.0. The molecule has 1 unspecified atom stereocenters. The van der Waals surface area contributed by atoms with Crippen molar-refractivity contribution in [2.75, 3.05) is 27.3 Å². The van der Waals surface area contributed by atoms with E-state index in [0.29, 0.717) is 30.6 Å². The molecule has 2 aliphatic rings. The third-order valence-electron chi connectivity index (χ3n) is 10.2. The quantitative estimate of drug-likeness (QED) is 0.159. The highest BCUT2D eigenvalue weighted by Crippen LogP contribution is 2.35. The number of imidazole rings is 2. The van der Waals surface area contributed by atoms with E-state index in [2.05, 4.69) is 44.9 Å². The molecule has 2 aliphatic heterocycles. The molecule has 3 aromatic heterocycles. The van der Waals surface area contributed by atoms with Gasteiger partial charge in [-0.1, -0.05) is 52.0 Å². The van der Waals surface area contributed by atoms with E-state index in [9.17, 15) is 19.2 Å². The van der Waals surface area contributed by atoms with Crippen molar-refractivity contribution in [1.29, 1.82) is 0 Å². The molecule has 5 heterocycles. The van der Waals surface area contributed by atoms with Crippen LogP contribution in [0.5, 0.6) is 0 Å². The Morgan fingerprint density at radius 3 is 1.82 bits per heavy atom. The van der Waals surface area contributed by atoms with Gasteiger partial charge < -0.3 is 34.6 Å². The van der Waals surface area contributed by atoms with Crippen molar-refractivity contribution in [2.45, 2.75) is 71.5 Å². The van der Waals surface area contributed by atoms with Crippen LogP contribution in [0.15, 0.2) is 54.0 Å². The number of hydrogen-bond acceptors (Lipinski definition) is 10. The van der Waals surface area contributed by atoms with E-state index in [-0.39, 0.29) is 35.7 Å². The van der Waals surface area contributed by atoms with Gasteiger partial charge in [0.1, 0.15) is 17.7 Å². The van der Waals surface area contributed by atoms with Gasteiger partial charge in [-0.15, -0.1) is 0 Å². The minimum absolute atomic E-state index is 0.0611. The molecule has 16 nitrogen and oxygen atoms in total. The molecule has 1 aromatic carbocycles. The summed E-state index contributed by atoms with van der Waals surface area (Å²) in [6.07, 6.45) is 10.2. The molecule has 0 saturated carbocycles. The number of nitrogens with zero attached hydrogens (tertiary/aromatic N) is 7. The summed E-state index contributed by atoms with van der Waals surface area (Å²) in [5.74, 6) is 0.931. The van der Waals surface area contributed by atoms with Gasteiger partial charge in [-0.2, -0.15) is 4.99 Å². The van der Waals surface area contributed by atoms with Crippen molar-refractivity contribution in [2.24, 2.45) is 22.7 Å². The van der Waals surface area contributed by atoms with Gasteiger partial charge in [-0.3, -0.25) is 9.59 Å². The van der Waals surface area contributed by atoms with Crippen LogP contribution in [0.3, 0.4) is 0 Å². The molecule has 4 amide bonds. The summed E-state index contributed by atoms with van der Waals surface area (Å²) in [5, 5.41) is 2.68. The molecule has 0 bridgehead atoms. The molecule has 4 atom stereocenters. The third-order valence-corrected chi connectivity index (χ3v) is 10.2. The number of rotatable bonds is 11. The molecule has 4 aromatic rings. The number of carbonyl (C=O) groups excluding carboxylic acids is 4. The normalized spacial score (nSPS) is 18.3. The first kappa shape index (κ1) is 38.8. The van der Waals surface area contributed by atoms with Crippen LogP contribution in [0.4, 0.5) is 9.59 Å². The molecular formula is C39H48N10O6. The Morgan fingerprint density at radius 2 is 1.29 bits per heavy atom. The summed E-state index contributed by atoms with van der Waals surface area (Å²) in [4.78, 5) is 83.3. The molecular weight excluding hydrogens is 704 g/mol. The van der Waals surface area contributed by atoms with Crippen LogP contribution in [0.2, 0.25) is 0 Å². The van der Waals surface area contributed by atoms with Crippen LogP contribution < -0.4 is 5.32 Å². The molecule has 0 spiro atoms. The first-order valence-electron chi connectivity index (χ1n) is 18.6. The predicted octanol–water partition coefficient (Wildman–Crippen LogP) is 5.74. The number of nitrogens with one attached hydrogen (secondary N) is 3. The highest BCUT2D eigenvalue weighted by molar-refractivity contribution is 5.97. The molecule has 0 radical (unpaired) electrons. The fourth-order valence-electron chi connectivity index (χ4n) is 7.13. The third kappa shape index (κ3) is 8.58. The number of likely N-dealkylation sites (tertiary alicyclic amines) is 2. The average Bonchev–Trinajstić information content (AvgIpc) is 4.03. The monoisotopic (exact) mass is 752 g/mol. The number of amides is 4. The maximum Gasteiger partial charge on any atom is 0.432 e. The van der Waals surface area contributed by atoms with Gasteiger partial charge in [-0.05, 0) is 43.1 Å². The molecule has 6 rings (SSSR count). The fourth-order valence-corrected chi connectivity index (χ4v) is 7.13. The van der Waals surface area contributed by atoms with E-state index in [1.807, 2.05) is 56.9 Å². The number of aliphatic imine (C=N–C) groups is 1. The summed E-state index contributed by atoms with van der Waals surface area (Å²) in [6, 6.07) is 6.68. The van der Waals surface area contributed by atoms with Gasteiger partial charge >= 0.3 is 12.2 Å². The van der Waals surface area contributed by atoms with Crippen molar-refractivity contribution in [3.63, 3.8) is 0 Å². The van der Waals surface area contributed by atoms with Crippen molar-refractivity contribution in [1.82, 2.24) is 45.0 Å². The number of methoxy groups -OCH3 is 2. The van der Waals surface area contributed by atoms with E-state index in [0.717, 1.165) is 53.8 Å². The van der Waals surface area contributed by atoms with Crippen molar-refractivity contribution >= 4 is 30.2 Å². The summed E-state index contributed by atoms with van der Waals surface area (Å²) in [6.45, 7) is 8.79. The zero-order valence-corrected chi connectivity index (χ0v) is 32.0. The molecule has 0 aliphatic carbocycles. The Labute approximate surface area is 319 Å². The number of carbonyl (C=O) groups is 4. The van der Waals surface area contributed by atoms with Gasteiger partial charge in [0.05, 0.1) is 56.0 Å². The van der Waals surface area contributed by atoms with E-state index in [1.54, 1.807) is 29.7 Å². The van der Waals surface area contributed by atoms with Crippen molar-refractivity contribution in [3.8, 4) is 33.9 Å². The highest BCUT2D eigenvalue weighted by atomic mass is 16.5. The van der Waals surface area contributed by atoms with Crippen molar-refractivity contribution < 1.29 is 28.7 Å². The number of H-pyrrole nitrogens is 2. The standard InChI is InChI=1S/C39H48N10O6/c1-22(2)27(19-44-38(52)54-5)36(50)48-15-7-9-30(48)34-43-21-29(46-34)26-17-40-33(41-18-26)25-13-11-24(12-14-25)28-20-42-35(45-28)31-10-8-16-49(31)37(51)32(23(3)4)47-39(53)55-6/h11-14,17-23,27,30-32H,7-10,15-16H2,1-6H3,(H,42,45)(H,43,46)(H,47,53)/b44-19+/t27?,30-,31-,32-/m0/s1. The Morgan fingerprint density at radius 1 is 0.745 bits per heavy atom. The largest absolute Gasteiger partial charge is 0.453 e. The topological polar surface area (TPSA) is 201 Å². The SMILES string of the molecule is COC(=O)/N=C/C(C(=O)N1CCC[C@H]1c1ncc(-c2cnc(-c3ccc(-c4cnc([C@@H]5CCCN5C(=O)[C@@H](NC(=O)OC)C(C)C)[nH]4)cc3)nc2)[nH]1)C(C)C. The van der Waals surface area contributed by atoms with Crippen LogP contribution in [-0.2, 0) is 19.1 Å². The van der Waals surface area contributed by atoms with E-state index >= 15 is 0 Å². The smallest absolute Gasteiger partial charge is 0.432 e. The minimum Gasteiger partial charge on any atom is -0.453 e. The first-order chi connectivity index (χ1) is 26.5. The number of aromatic amines is 2. The molecule has 2 saturated heterocycles. The number of aromatic nitrogens is 6. The number of benzene rings is 1. The lowest BCUT2D eigenvalue weighted by molar-refractivity contribution is -0.136. The fraction of sp³-hybridized carbons (Fsp3) is 0.462. The lowest BCUT2D eigenvalue weighted by Gasteiger charge is -2.30. The van der Waals surface area contributed by atoms with Gasteiger partial charge in [-0.25, -0.2) is 29.5 Å². The molecule has 290 valence electrons.